The summed E-state index contributed by atoms with van der Waals surface area (Å²) in [6.07, 6.45) is 2.61. The van der Waals surface area contributed by atoms with Crippen LogP contribution in [-0.2, 0) is 4.79 Å². The van der Waals surface area contributed by atoms with Crippen LogP contribution in [0.25, 0.3) is 32.1 Å². The van der Waals surface area contributed by atoms with Crippen molar-refractivity contribution in [2.75, 3.05) is 32.0 Å². The minimum Gasteiger partial charge on any atom is -0.471 e. The first-order valence-electron chi connectivity index (χ1n) is 15.4. The summed E-state index contributed by atoms with van der Waals surface area (Å²) in [6, 6.07) is 10.1. The van der Waals surface area contributed by atoms with Gasteiger partial charge in [0.05, 0.1) is 44.4 Å². The van der Waals surface area contributed by atoms with Crippen LogP contribution in [0.2, 0.25) is 0 Å². The van der Waals surface area contributed by atoms with Crippen molar-refractivity contribution >= 4 is 43.2 Å². The van der Waals surface area contributed by atoms with Crippen molar-refractivity contribution in [1.29, 1.82) is 10.5 Å². The van der Waals surface area contributed by atoms with Crippen molar-refractivity contribution in [2.24, 2.45) is 0 Å². The lowest BCUT2D eigenvalue weighted by Crippen LogP contribution is -2.43. The average molecular weight is 656 g/mol. The monoisotopic (exact) mass is 655 g/mol. The first-order valence-corrected chi connectivity index (χ1v) is 16.3. The Balaban J connectivity index is 1.35. The highest BCUT2D eigenvalue weighted by Gasteiger charge is 2.49. The van der Waals surface area contributed by atoms with Crippen LogP contribution in [0.4, 0.5) is 13.8 Å². The molecule has 1 amide bonds. The third-order valence-electron chi connectivity index (χ3n) is 9.76. The lowest BCUT2D eigenvalue weighted by molar-refractivity contribution is -0.127. The fraction of sp³-hybridized carbons (Fsp3) is 0.382. The van der Waals surface area contributed by atoms with Crippen molar-refractivity contribution in [3.8, 4) is 35.2 Å². The van der Waals surface area contributed by atoms with Gasteiger partial charge in [0.25, 0.3) is 0 Å². The van der Waals surface area contributed by atoms with Crippen LogP contribution >= 0.6 is 11.3 Å². The number of carbonyl (C=O) groups is 1. The van der Waals surface area contributed by atoms with Gasteiger partial charge in [-0.05, 0) is 56.1 Å². The Morgan fingerprint density at radius 3 is 2.85 bits per heavy atom. The van der Waals surface area contributed by atoms with Crippen molar-refractivity contribution in [3.63, 3.8) is 0 Å². The average Bonchev–Trinajstić information content (AvgIpc) is 3.80. The van der Waals surface area contributed by atoms with Crippen LogP contribution in [-0.4, -0.2) is 75.8 Å². The van der Waals surface area contributed by atoms with E-state index in [0.29, 0.717) is 53.3 Å². The van der Waals surface area contributed by atoms with E-state index < -0.39 is 23.6 Å². The van der Waals surface area contributed by atoms with Crippen LogP contribution in [0.15, 0.2) is 36.9 Å². The highest BCUT2D eigenvalue weighted by Crippen LogP contribution is 2.44. The lowest BCUT2D eigenvalue weighted by Gasteiger charge is -2.30. The molecule has 0 saturated carbocycles. The molecule has 47 heavy (non-hydrogen) atoms. The summed E-state index contributed by atoms with van der Waals surface area (Å²) >= 11 is 0.975. The molecule has 5 heterocycles. The number of alkyl halides is 1. The SMILES string of the molecule is C=CC(=O)N1CCC(Oc2nc(OCC34CCCN3CC(F)C4)nc3cc(-c4ccc(F)c5sc(N)c(C#N)c45)c(C#N)cc23)C1C. The molecule has 4 aromatic rings. The van der Waals surface area contributed by atoms with E-state index in [1.165, 1.54) is 18.2 Å². The predicted molar refractivity (Wildman–Crippen MR) is 173 cm³/mol. The predicted octanol–water partition coefficient (Wildman–Crippen LogP) is 5.49. The molecule has 240 valence electrons. The molecule has 2 aromatic carbocycles. The summed E-state index contributed by atoms with van der Waals surface area (Å²) in [7, 11) is 0. The van der Waals surface area contributed by atoms with Crippen molar-refractivity contribution < 1.29 is 23.0 Å². The molecule has 2 N–H and O–H groups in total. The first-order chi connectivity index (χ1) is 22.7. The summed E-state index contributed by atoms with van der Waals surface area (Å²) in [4.78, 5) is 25.6. The number of nitrogen functional groups attached to an aromatic ring is 1. The number of aromatic nitrogens is 2. The van der Waals surface area contributed by atoms with Crippen LogP contribution in [0.3, 0.4) is 0 Å². The minimum atomic E-state index is -0.927. The zero-order valence-corrected chi connectivity index (χ0v) is 26.4. The number of hydrogen-bond acceptors (Lipinski definition) is 10. The summed E-state index contributed by atoms with van der Waals surface area (Å²) in [5, 5.41) is 21.1. The number of carbonyl (C=O) groups excluding carboxylic acids is 1. The van der Waals surface area contributed by atoms with Gasteiger partial charge in [0, 0.05) is 36.9 Å². The third-order valence-corrected chi connectivity index (χ3v) is 10.8. The van der Waals surface area contributed by atoms with Crippen molar-refractivity contribution in [3.05, 3.63) is 53.9 Å². The molecule has 3 saturated heterocycles. The second-order valence-electron chi connectivity index (χ2n) is 12.4. The lowest BCUT2D eigenvalue weighted by atomic mass is 9.94. The van der Waals surface area contributed by atoms with Crippen LogP contribution in [0.1, 0.15) is 43.7 Å². The largest absolute Gasteiger partial charge is 0.471 e. The number of ether oxygens (including phenoxy) is 2. The van der Waals surface area contributed by atoms with Crippen LogP contribution in [0.5, 0.6) is 11.9 Å². The number of anilines is 1. The Labute approximate surface area is 273 Å². The molecule has 10 nitrogen and oxygen atoms in total. The maximum atomic E-state index is 14.9. The molecule has 7 rings (SSSR count). The normalized spacial score (nSPS) is 23.9. The second kappa shape index (κ2) is 11.7. The molecule has 2 aromatic heterocycles. The van der Waals surface area contributed by atoms with Gasteiger partial charge in [-0.25, -0.2) is 8.78 Å². The standard InChI is InChI=1S/C34H31F2N7O3S/c1-3-28(44)43-10-7-27(18(43)2)46-32-23-11-19(14-37)22(21-5-6-25(36)30-29(21)24(15-38)31(39)47-30)12-26(23)40-33(41-32)45-17-34-8-4-9-42(34)16-20(35)13-34/h3,5-6,11-12,18,20,27H,1,4,7-10,13,16-17,39H2,2H3. The molecule has 3 aliphatic rings. The van der Waals surface area contributed by atoms with E-state index in [1.807, 2.05) is 6.92 Å². The molecule has 3 fully saturated rings. The zero-order chi connectivity index (χ0) is 33.0. The van der Waals surface area contributed by atoms with Gasteiger partial charge in [0.15, 0.2) is 0 Å². The van der Waals surface area contributed by atoms with Crippen LogP contribution in [0, 0.1) is 28.5 Å². The zero-order valence-electron chi connectivity index (χ0n) is 25.6. The molecule has 0 radical (unpaired) electrons. The Morgan fingerprint density at radius 1 is 1.26 bits per heavy atom. The number of fused-ring (bicyclic) bond motifs is 3. The van der Waals surface area contributed by atoms with E-state index in [2.05, 4.69) is 28.6 Å². The number of hydrogen-bond donors (Lipinski definition) is 1. The van der Waals surface area contributed by atoms with E-state index in [9.17, 15) is 24.1 Å². The maximum absolute atomic E-state index is 14.9. The highest BCUT2D eigenvalue weighted by molar-refractivity contribution is 7.23. The van der Waals surface area contributed by atoms with Gasteiger partial charge in [-0.1, -0.05) is 12.6 Å². The van der Waals surface area contributed by atoms with Crippen molar-refractivity contribution in [1.82, 2.24) is 19.8 Å². The molecule has 0 aliphatic carbocycles. The maximum Gasteiger partial charge on any atom is 0.320 e. The summed E-state index contributed by atoms with van der Waals surface area (Å²) in [5.41, 5.74) is 7.28. The topological polar surface area (TPSA) is 141 Å². The van der Waals surface area contributed by atoms with E-state index in [1.54, 1.807) is 17.0 Å². The number of amides is 1. The molecule has 4 atom stereocenters. The Bertz CT molecular complexity index is 2040. The first kappa shape index (κ1) is 30.8. The van der Waals surface area contributed by atoms with Gasteiger partial charge in [-0.3, -0.25) is 9.69 Å². The Morgan fingerprint density at radius 2 is 2.09 bits per heavy atom. The number of halogens is 2. The van der Waals surface area contributed by atoms with Gasteiger partial charge < -0.3 is 20.1 Å². The van der Waals surface area contributed by atoms with E-state index in [-0.39, 0.29) is 51.3 Å². The molecule has 0 spiro atoms. The van der Waals surface area contributed by atoms with Gasteiger partial charge >= 0.3 is 6.01 Å². The van der Waals surface area contributed by atoms with E-state index in [4.69, 9.17) is 20.2 Å². The van der Waals surface area contributed by atoms with Gasteiger partial charge in [-0.15, -0.1) is 11.3 Å². The fourth-order valence-corrected chi connectivity index (χ4v) is 8.36. The summed E-state index contributed by atoms with van der Waals surface area (Å²) < 4.78 is 42.3. The van der Waals surface area contributed by atoms with Gasteiger partial charge in [0.1, 0.15) is 35.8 Å². The highest BCUT2D eigenvalue weighted by atomic mass is 32.1. The molecule has 0 bridgehead atoms. The number of likely N-dealkylation sites (tertiary alicyclic amines) is 1. The second-order valence-corrected chi connectivity index (χ2v) is 13.4. The van der Waals surface area contributed by atoms with Gasteiger partial charge in [-0.2, -0.15) is 20.5 Å². The number of benzene rings is 2. The quantitative estimate of drug-likeness (QED) is 0.256. The van der Waals surface area contributed by atoms with Crippen LogP contribution < -0.4 is 15.2 Å². The molecule has 3 aliphatic heterocycles. The number of nitriles is 2. The van der Waals surface area contributed by atoms with E-state index >= 15 is 0 Å². The molecule has 4 unspecified atom stereocenters. The molecular weight excluding hydrogens is 624 g/mol. The van der Waals surface area contributed by atoms with Crippen molar-refractivity contribution in [2.45, 2.75) is 56.5 Å². The van der Waals surface area contributed by atoms with Gasteiger partial charge in [0.2, 0.25) is 11.8 Å². The number of rotatable bonds is 7. The summed E-state index contributed by atoms with van der Waals surface area (Å²) in [6.45, 7) is 7.34. The fourth-order valence-electron chi connectivity index (χ4n) is 7.41. The smallest absolute Gasteiger partial charge is 0.320 e. The van der Waals surface area contributed by atoms with E-state index in [0.717, 1.165) is 30.7 Å². The third kappa shape index (κ3) is 5.11. The number of nitrogens with two attached hydrogens (primary N) is 1. The minimum absolute atomic E-state index is 0.0260. The number of thiophene rings is 1. The molecule has 13 heteroatoms. The Kier molecular flexibility index (Phi) is 7.69. The number of nitrogens with zero attached hydrogens (tertiary/aromatic N) is 6. The summed E-state index contributed by atoms with van der Waals surface area (Å²) in [5.74, 6) is -0.543. The Hall–Kier alpha value is -4.85. The molecular formula is C34H31F2N7O3S.